The normalized spacial score (nSPS) is 11.2. The number of nitrogens with zero attached hydrogens (tertiary/aromatic N) is 3. The zero-order chi connectivity index (χ0) is 18.3. The van der Waals surface area contributed by atoms with Gasteiger partial charge in [-0.1, -0.05) is 17.7 Å². The molecule has 0 atom stereocenters. The summed E-state index contributed by atoms with van der Waals surface area (Å²) in [6.45, 7) is 2.14. The highest BCUT2D eigenvalue weighted by atomic mass is 35.5. The van der Waals surface area contributed by atoms with Crippen LogP contribution in [0.5, 0.6) is 0 Å². The van der Waals surface area contributed by atoms with Gasteiger partial charge in [0.25, 0.3) is 11.1 Å². The second-order valence-corrected chi connectivity index (χ2v) is 6.47. The molecule has 3 aromatic heterocycles. The molecule has 0 amide bonds. The highest BCUT2D eigenvalue weighted by molar-refractivity contribution is 6.30. The fourth-order valence-corrected chi connectivity index (χ4v) is 3.18. The Kier molecular flexibility index (Phi) is 3.97. The number of pyridine rings is 2. The van der Waals surface area contributed by atoms with E-state index in [1.54, 1.807) is 48.1 Å². The zero-order valence-electron chi connectivity index (χ0n) is 13.9. The van der Waals surface area contributed by atoms with Crippen molar-refractivity contribution in [1.29, 1.82) is 0 Å². The number of hydrogen-bond donors (Lipinski definition) is 1. The van der Waals surface area contributed by atoms with Gasteiger partial charge in [-0.3, -0.25) is 19.7 Å². The Labute approximate surface area is 153 Å². The second-order valence-electron chi connectivity index (χ2n) is 6.03. The Bertz CT molecular complexity index is 1200. The van der Waals surface area contributed by atoms with Crippen molar-refractivity contribution in [2.24, 2.45) is 0 Å². The molecule has 0 saturated heterocycles. The van der Waals surface area contributed by atoms with Crippen molar-refractivity contribution in [3.63, 3.8) is 0 Å². The molecular weight excluding hydrogens is 352 g/mol. The first kappa shape index (κ1) is 16.4. The third-order valence-corrected chi connectivity index (χ3v) is 4.62. The summed E-state index contributed by atoms with van der Waals surface area (Å²) >= 11 is 5.91. The van der Waals surface area contributed by atoms with Crippen molar-refractivity contribution in [2.45, 2.75) is 13.5 Å². The topological polar surface area (TPSA) is 72.7 Å². The SMILES string of the molecule is Cc1c2c(=O)n(-c3ccc(Cl)cc3)[nH]c2cc(=O)n1Cc1cccnc1. The number of H-pyrrole nitrogens is 1. The standard InChI is InChI=1S/C19H15ClN4O2/c1-12-18-16(9-17(25)23(12)11-13-3-2-8-21-10-13)22-24(19(18)26)15-6-4-14(20)5-7-15/h2-10,22H,11H2,1H3. The number of benzene rings is 1. The number of halogens is 1. The molecule has 0 saturated carbocycles. The summed E-state index contributed by atoms with van der Waals surface area (Å²) in [5.74, 6) is 0. The van der Waals surface area contributed by atoms with Crippen LogP contribution in [0.1, 0.15) is 11.3 Å². The van der Waals surface area contributed by atoms with Crippen molar-refractivity contribution in [3.8, 4) is 5.69 Å². The van der Waals surface area contributed by atoms with E-state index >= 15 is 0 Å². The Morgan fingerprint density at radius 1 is 1.15 bits per heavy atom. The summed E-state index contributed by atoms with van der Waals surface area (Å²) in [5.41, 5.74) is 2.29. The van der Waals surface area contributed by atoms with Crippen molar-refractivity contribution in [2.75, 3.05) is 0 Å². The molecule has 0 unspecified atom stereocenters. The summed E-state index contributed by atoms with van der Waals surface area (Å²) < 4.78 is 3.00. The quantitative estimate of drug-likeness (QED) is 0.606. The molecule has 0 spiro atoms. The molecule has 4 aromatic rings. The minimum absolute atomic E-state index is 0.177. The average molecular weight is 367 g/mol. The lowest BCUT2D eigenvalue weighted by Crippen LogP contribution is -2.23. The predicted molar refractivity (Wildman–Crippen MR) is 101 cm³/mol. The van der Waals surface area contributed by atoms with Crippen LogP contribution in [0.4, 0.5) is 0 Å². The smallest absolute Gasteiger partial charge is 0.280 e. The highest BCUT2D eigenvalue weighted by Crippen LogP contribution is 2.16. The van der Waals surface area contributed by atoms with E-state index in [0.29, 0.717) is 33.9 Å². The largest absolute Gasteiger partial charge is 0.308 e. The van der Waals surface area contributed by atoms with E-state index in [1.807, 2.05) is 12.1 Å². The van der Waals surface area contributed by atoms with Crippen LogP contribution in [-0.2, 0) is 6.54 Å². The van der Waals surface area contributed by atoms with Crippen LogP contribution < -0.4 is 11.1 Å². The van der Waals surface area contributed by atoms with Gasteiger partial charge in [0.05, 0.1) is 23.1 Å². The van der Waals surface area contributed by atoms with Gasteiger partial charge in [-0.25, -0.2) is 4.68 Å². The summed E-state index contributed by atoms with van der Waals surface area (Å²) in [6.07, 6.45) is 3.39. The van der Waals surface area contributed by atoms with E-state index in [4.69, 9.17) is 11.6 Å². The molecule has 0 fully saturated rings. The molecule has 3 heterocycles. The molecule has 4 rings (SSSR count). The fourth-order valence-electron chi connectivity index (χ4n) is 3.05. The number of hydrogen-bond acceptors (Lipinski definition) is 3. The van der Waals surface area contributed by atoms with Gasteiger partial charge in [-0.15, -0.1) is 0 Å². The number of nitrogens with one attached hydrogen (secondary N) is 1. The molecule has 1 N–H and O–H groups in total. The van der Waals surface area contributed by atoms with Crippen LogP contribution >= 0.6 is 11.6 Å². The lowest BCUT2D eigenvalue weighted by atomic mass is 10.2. The van der Waals surface area contributed by atoms with E-state index in [9.17, 15) is 9.59 Å². The maximum atomic E-state index is 12.9. The Hall–Kier alpha value is -3.12. The lowest BCUT2D eigenvalue weighted by molar-refractivity contribution is 0.735. The van der Waals surface area contributed by atoms with E-state index in [-0.39, 0.29) is 11.1 Å². The maximum Gasteiger partial charge on any atom is 0.280 e. The molecule has 130 valence electrons. The Morgan fingerprint density at radius 3 is 2.62 bits per heavy atom. The molecule has 0 radical (unpaired) electrons. The number of aryl methyl sites for hydroxylation is 1. The average Bonchev–Trinajstić information content (AvgIpc) is 2.96. The third kappa shape index (κ3) is 2.74. The maximum absolute atomic E-state index is 12.9. The molecular formula is C19H15ClN4O2. The third-order valence-electron chi connectivity index (χ3n) is 4.37. The van der Waals surface area contributed by atoms with E-state index in [2.05, 4.69) is 10.1 Å². The molecule has 26 heavy (non-hydrogen) atoms. The number of fused-ring (bicyclic) bond motifs is 1. The summed E-state index contributed by atoms with van der Waals surface area (Å²) in [5, 5.41) is 4.09. The van der Waals surface area contributed by atoms with Crippen molar-refractivity contribution < 1.29 is 0 Å². The monoisotopic (exact) mass is 366 g/mol. The van der Waals surface area contributed by atoms with Gasteiger partial charge >= 0.3 is 0 Å². The van der Waals surface area contributed by atoms with Crippen molar-refractivity contribution in [3.05, 3.63) is 91.8 Å². The summed E-state index contributed by atoms with van der Waals surface area (Å²) in [4.78, 5) is 29.5. The molecule has 0 aliphatic heterocycles. The number of aromatic amines is 1. The van der Waals surface area contributed by atoms with Crippen LogP contribution in [0, 0.1) is 6.92 Å². The Morgan fingerprint density at radius 2 is 1.92 bits per heavy atom. The predicted octanol–water partition coefficient (Wildman–Crippen LogP) is 2.89. The van der Waals surface area contributed by atoms with Crippen LogP contribution in [0.3, 0.4) is 0 Å². The van der Waals surface area contributed by atoms with Crippen LogP contribution in [0.15, 0.2) is 64.4 Å². The van der Waals surface area contributed by atoms with E-state index in [1.165, 1.54) is 10.7 Å². The molecule has 0 bridgehead atoms. The van der Waals surface area contributed by atoms with Gasteiger partial charge in [0, 0.05) is 29.2 Å². The van der Waals surface area contributed by atoms with Gasteiger partial charge in [-0.05, 0) is 42.8 Å². The van der Waals surface area contributed by atoms with Crippen LogP contribution in [0.2, 0.25) is 5.02 Å². The summed E-state index contributed by atoms with van der Waals surface area (Å²) in [6, 6.07) is 12.1. The van der Waals surface area contributed by atoms with Crippen molar-refractivity contribution >= 4 is 22.5 Å². The first-order valence-corrected chi connectivity index (χ1v) is 8.42. The molecule has 7 heteroatoms. The van der Waals surface area contributed by atoms with Gasteiger partial charge < -0.3 is 4.57 Å². The van der Waals surface area contributed by atoms with E-state index < -0.39 is 0 Å². The zero-order valence-corrected chi connectivity index (χ0v) is 14.7. The molecule has 0 aliphatic carbocycles. The van der Waals surface area contributed by atoms with Gasteiger partial charge in [0.2, 0.25) is 0 Å². The number of rotatable bonds is 3. The number of aromatic nitrogens is 4. The minimum Gasteiger partial charge on any atom is -0.308 e. The molecule has 0 aliphatic rings. The van der Waals surface area contributed by atoms with Gasteiger partial charge in [-0.2, -0.15) is 0 Å². The first-order valence-electron chi connectivity index (χ1n) is 8.04. The van der Waals surface area contributed by atoms with Crippen molar-refractivity contribution in [1.82, 2.24) is 19.3 Å². The van der Waals surface area contributed by atoms with Crippen LogP contribution in [-0.4, -0.2) is 19.3 Å². The van der Waals surface area contributed by atoms with Crippen LogP contribution in [0.25, 0.3) is 16.6 Å². The second kappa shape index (κ2) is 6.31. The minimum atomic E-state index is -0.209. The highest BCUT2D eigenvalue weighted by Gasteiger charge is 2.15. The van der Waals surface area contributed by atoms with E-state index in [0.717, 1.165) is 5.56 Å². The summed E-state index contributed by atoms with van der Waals surface area (Å²) in [7, 11) is 0. The molecule has 1 aromatic carbocycles. The first-order chi connectivity index (χ1) is 12.5. The van der Waals surface area contributed by atoms with Gasteiger partial charge in [0.1, 0.15) is 0 Å². The lowest BCUT2D eigenvalue weighted by Gasteiger charge is -2.09. The fraction of sp³-hybridized carbons (Fsp3) is 0.105. The molecule has 6 nitrogen and oxygen atoms in total. The van der Waals surface area contributed by atoms with Gasteiger partial charge in [0.15, 0.2) is 0 Å². The Balaban J connectivity index is 1.90.